The summed E-state index contributed by atoms with van der Waals surface area (Å²) >= 11 is 6.22. The van der Waals surface area contributed by atoms with E-state index in [0.29, 0.717) is 6.54 Å². The SMILES string of the molecule is Cc1cccc(CN(C(=O)CN(c2ccccc2Cl)S(C)(=O)=O)[C@H](C)C(=O)NCC(C)C)c1. The lowest BCUT2D eigenvalue weighted by Crippen LogP contribution is -2.51. The molecule has 0 aliphatic heterocycles. The van der Waals surface area contributed by atoms with Gasteiger partial charge in [0.25, 0.3) is 0 Å². The monoisotopic (exact) mass is 493 g/mol. The highest BCUT2D eigenvalue weighted by Gasteiger charge is 2.30. The Bertz CT molecular complexity index is 1090. The summed E-state index contributed by atoms with van der Waals surface area (Å²) < 4.78 is 26.1. The largest absolute Gasteiger partial charge is 0.354 e. The van der Waals surface area contributed by atoms with Crippen molar-refractivity contribution in [1.82, 2.24) is 10.2 Å². The summed E-state index contributed by atoms with van der Waals surface area (Å²) in [6, 6.07) is 13.3. The molecule has 1 N–H and O–H groups in total. The first-order valence-electron chi connectivity index (χ1n) is 10.7. The maximum atomic E-state index is 13.5. The van der Waals surface area contributed by atoms with Gasteiger partial charge < -0.3 is 10.2 Å². The third-order valence-corrected chi connectivity index (χ3v) is 6.53. The van der Waals surface area contributed by atoms with E-state index < -0.39 is 28.5 Å². The van der Waals surface area contributed by atoms with Crippen molar-refractivity contribution < 1.29 is 18.0 Å². The van der Waals surface area contributed by atoms with Crippen LogP contribution in [0.15, 0.2) is 48.5 Å². The first kappa shape index (κ1) is 26.7. The van der Waals surface area contributed by atoms with Crippen molar-refractivity contribution in [3.05, 3.63) is 64.7 Å². The Balaban J connectivity index is 2.38. The fourth-order valence-corrected chi connectivity index (χ4v) is 4.44. The minimum atomic E-state index is -3.82. The quantitative estimate of drug-likeness (QED) is 0.547. The Labute approximate surface area is 201 Å². The van der Waals surface area contributed by atoms with Crippen LogP contribution in [0, 0.1) is 12.8 Å². The molecule has 7 nitrogen and oxygen atoms in total. The Kier molecular flexibility index (Phi) is 9.31. The zero-order valence-corrected chi connectivity index (χ0v) is 21.3. The fraction of sp³-hybridized carbons (Fsp3) is 0.417. The van der Waals surface area contributed by atoms with Crippen LogP contribution in [0.5, 0.6) is 0 Å². The molecule has 180 valence electrons. The number of aryl methyl sites for hydroxylation is 1. The first-order chi connectivity index (χ1) is 15.4. The number of amides is 2. The van der Waals surface area contributed by atoms with E-state index in [2.05, 4.69) is 5.32 Å². The summed E-state index contributed by atoms with van der Waals surface area (Å²) in [5.74, 6) is -0.551. The highest BCUT2D eigenvalue weighted by atomic mass is 35.5. The van der Waals surface area contributed by atoms with Crippen LogP contribution in [0.4, 0.5) is 5.69 Å². The molecule has 0 aliphatic rings. The number of nitrogens with zero attached hydrogens (tertiary/aromatic N) is 2. The zero-order chi connectivity index (χ0) is 24.8. The normalized spacial score (nSPS) is 12.3. The molecule has 1 atom stereocenters. The number of halogens is 1. The number of rotatable bonds is 10. The second-order valence-electron chi connectivity index (χ2n) is 8.55. The number of hydrogen-bond acceptors (Lipinski definition) is 4. The molecule has 0 saturated heterocycles. The minimum Gasteiger partial charge on any atom is -0.354 e. The van der Waals surface area contributed by atoms with Crippen molar-refractivity contribution in [3.8, 4) is 0 Å². The molecule has 0 aromatic heterocycles. The van der Waals surface area contributed by atoms with Crippen LogP contribution in [0.3, 0.4) is 0 Å². The first-order valence-corrected chi connectivity index (χ1v) is 13.0. The number of hydrogen-bond donors (Lipinski definition) is 1. The third kappa shape index (κ3) is 7.75. The molecule has 33 heavy (non-hydrogen) atoms. The van der Waals surface area contributed by atoms with Crippen molar-refractivity contribution >= 4 is 39.1 Å². The van der Waals surface area contributed by atoms with Crippen LogP contribution in [-0.4, -0.2) is 50.5 Å². The molecule has 0 fully saturated rings. The van der Waals surface area contributed by atoms with Gasteiger partial charge in [0, 0.05) is 13.1 Å². The lowest BCUT2D eigenvalue weighted by atomic mass is 10.1. The molecule has 2 aromatic carbocycles. The van der Waals surface area contributed by atoms with Crippen molar-refractivity contribution in [2.24, 2.45) is 5.92 Å². The molecule has 2 aromatic rings. The summed E-state index contributed by atoms with van der Waals surface area (Å²) in [6.07, 6.45) is 1.02. The summed E-state index contributed by atoms with van der Waals surface area (Å²) in [5.41, 5.74) is 2.07. The molecular formula is C24H32ClN3O4S. The van der Waals surface area contributed by atoms with Gasteiger partial charge in [-0.05, 0) is 37.5 Å². The summed E-state index contributed by atoms with van der Waals surface area (Å²) in [5, 5.41) is 3.06. The molecule has 0 unspecified atom stereocenters. The summed E-state index contributed by atoms with van der Waals surface area (Å²) in [4.78, 5) is 27.7. The van der Waals surface area contributed by atoms with E-state index in [1.807, 2.05) is 45.0 Å². The van der Waals surface area contributed by atoms with Gasteiger partial charge in [-0.1, -0.05) is 67.4 Å². The van der Waals surface area contributed by atoms with Crippen LogP contribution >= 0.6 is 11.6 Å². The molecule has 0 saturated carbocycles. The molecule has 2 rings (SSSR count). The van der Waals surface area contributed by atoms with Gasteiger partial charge in [-0.15, -0.1) is 0 Å². The van der Waals surface area contributed by atoms with Gasteiger partial charge in [-0.25, -0.2) is 8.42 Å². The van der Waals surface area contributed by atoms with E-state index >= 15 is 0 Å². The van der Waals surface area contributed by atoms with E-state index in [9.17, 15) is 18.0 Å². The lowest BCUT2D eigenvalue weighted by molar-refractivity contribution is -0.139. The molecule has 0 bridgehead atoms. The number of anilines is 1. The average Bonchev–Trinajstić information content (AvgIpc) is 2.73. The predicted octanol–water partition coefficient (Wildman–Crippen LogP) is 3.60. The van der Waals surface area contributed by atoms with Gasteiger partial charge in [0.05, 0.1) is 17.0 Å². The van der Waals surface area contributed by atoms with Crippen LogP contribution < -0.4 is 9.62 Å². The van der Waals surface area contributed by atoms with Crippen LogP contribution in [-0.2, 0) is 26.2 Å². The van der Waals surface area contributed by atoms with Gasteiger partial charge in [0.15, 0.2) is 0 Å². The minimum absolute atomic E-state index is 0.164. The second-order valence-corrected chi connectivity index (χ2v) is 10.9. The maximum Gasteiger partial charge on any atom is 0.244 e. The summed E-state index contributed by atoms with van der Waals surface area (Å²) in [7, 11) is -3.82. The highest BCUT2D eigenvalue weighted by Crippen LogP contribution is 2.27. The predicted molar refractivity (Wildman–Crippen MR) is 133 cm³/mol. The van der Waals surface area contributed by atoms with E-state index in [4.69, 9.17) is 11.6 Å². The van der Waals surface area contributed by atoms with E-state index in [1.54, 1.807) is 31.2 Å². The number of benzene rings is 2. The molecule has 0 radical (unpaired) electrons. The summed E-state index contributed by atoms with van der Waals surface area (Å²) in [6.45, 7) is 7.71. The third-order valence-electron chi connectivity index (χ3n) is 5.09. The smallest absolute Gasteiger partial charge is 0.244 e. The molecular weight excluding hydrogens is 462 g/mol. The number of nitrogens with one attached hydrogen (secondary N) is 1. The number of carbonyl (C=O) groups is 2. The van der Waals surface area contributed by atoms with Crippen molar-refractivity contribution in [2.75, 3.05) is 23.7 Å². The Morgan fingerprint density at radius 2 is 1.73 bits per heavy atom. The maximum absolute atomic E-state index is 13.5. The van der Waals surface area contributed by atoms with E-state index in [0.717, 1.165) is 21.7 Å². The topological polar surface area (TPSA) is 86.8 Å². The van der Waals surface area contributed by atoms with Crippen LogP contribution in [0.2, 0.25) is 5.02 Å². The number of para-hydroxylation sites is 1. The zero-order valence-electron chi connectivity index (χ0n) is 19.7. The molecule has 0 spiro atoms. The van der Waals surface area contributed by atoms with Gasteiger partial charge in [0.2, 0.25) is 21.8 Å². The van der Waals surface area contributed by atoms with Crippen molar-refractivity contribution in [1.29, 1.82) is 0 Å². The standard InChI is InChI=1S/C24H32ClN3O4S/c1-17(2)14-26-24(30)19(4)27(15-20-10-8-9-18(3)13-20)23(29)16-28(33(5,31)32)22-12-7-6-11-21(22)25/h6-13,17,19H,14-16H2,1-5H3,(H,26,30)/t19-/m1/s1. The Morgan fingerprint density at radius 3 is 2.30 bits per heavy atom. The number of sulfonamides is 1. The highest BCUT2D eigenvalue weighted by molar-refractivity contribution is 7.92. The fourth-order valence-electron chi connectivity index (χ4n) is 3.29. The lowest BCUT2D eigenvalue weighted by Gasteiger charge is -2.32. The van der Waals surface area contributed by atoms with Crippen LogP contribution in [0.1, 0.15) is 31.9 Å². The van der Waals surface area contributed by atoms with Crippen molar-refractivity contribution in [3.63, 3.8) is 0 Å². The average molecular weight is 494 g/mol. The molecule has 0 heterocycles. The molecule has 0 aliphatic carbocycles. The number of carbonyl (C=O) groups excluding carboxylic acids is 2. The molecule has 9 heteroatoms. The van der Waals surface area contributed by atoms with Crippen LogP contribution in [0.25, 0.3) is 0 Å². The van der Waals surface area contributed by atoms with E-state index in [-0.39, 0.29) is 29.1 Å². The van der Waals surface area contributed by atoms with E-state index in [1.165, 1.54) is 4.90 Å². The van der Waals surface area contributed by atoms with Gasteiger partial charge in [-0.2, -0.15) is 0 Å². The van der Waals surface area contributed by atoms with Gasteiger partial charge >= 0.3 is 0 Å². The van der Waals surface area contributed by atoms with Crippen molar-refractivity contribution in [2.45, 2.75) is 40.3 Å². The van der Waals surface area contributed by atoms with Gasteiger partial charge in [-0.3, -0.25) is 13.9 Å². The Morgan fingerprint density at radius 1 is 1.06 bits per heavy atom. The Hall–Kier alpha value is -2.58. The van der Waals surface area contributed by atoms with Gasteiger partial charge in [0.1, 0.15) is 12.6 Å². The molecule has 2 amide bonds. The second kappa shape index (κ2) is 11.5.